The largest absolute Gasteiger partial charge is 0.356 e. The van der Waals surface area contributed by atoms with Crippen LogP contribution in [0.25, 0.3) is 0 Å². The lowest BCUT2D eigenvalue weighted by molar-refractivity contribution is 0.545. The van der Waals surface area contributed by atoms with Gasteiger partial charge in [0, 0.05) is 19.6 Å². The number of rotatable bonds is 8. The first-order valence-electron chi connectivity index (χ1n) is 7.23. The smallest absolute Gasteiger partial charge is 0.191 e. The van der Waals surface area contributed by atoms with Gasteiger partial charge in [-0.25, -0.2) is 0 Å². The molecule has 0 aliphatic heterocycles. The summed E-state index contributed by atoms with van der Waals surface area (Å²) in [5.74, 6) is 1.96. The highest BCUT2D eigenvalue weighted by Gasteiger charge is 2.20. The minimum Gasteiger partial charge on any atom is -0.356 e. The Morgan fingerprint density at radius 1 is 1.33 bits per heavy atom. The molecule has 1 atom stereocenters. The minimum absolute atomic E-state index is 0. The molecule has 1 unspecified atom stereocenters. The van der Waals surface area contributed by atoms with Gasteiger partial charge in [-0.2, -0.15) is 0 Å². The summed E-state index contributed by atoms with van der Waals surface area (Å²) in [5.41, 5.74) is 0. The topological polar surface area (TPSA) is 36.4 Å². The number of nitrogens with one attached hydrogen (secondary N) is 2. The molecule has 3 nitrogen and oxygen atoms in total. The SMILES string of the molecule is CCCCCC(C)NC(=NC)NCCC1CC1.I. The van der Waals surface area contributed by atoms with Crippen LogP contribution in [0.1, 0.15) is 58.8 Å². The third-order valence-electron chi connectivity index (χ3n) is 3.39. The average molecular weight is 367 g/mol. The van der Waals surface area contributed by atoms with Crippen molar-refractivity contribution in [3.8, 4) is 0 Å². The number of nitrogens with zero attached hydrogens (tertiary/aromatic N) is 1. The first-order valence-corrected chi connectivity index (χ1v) is 7.23. The molecule has 0 heterocycles. The lowest BCUT2D eigenvalue weighted by Gasteiger charge is -2.17. The molecule has 0 spiro atoms. The molecule has 108 valence electrons. The monoisotopic (exact) mass is 367 g/mol. The summed E-state index contributed by atoms with van der Waals surface area (Å²) in [7, 11) is 1.85. The molecule has 1 rings (SSSR count). The van der Waals surface area contributed by atoms with Crippen LogP contribution in [0, 0.1) is 5.92 Å². The first kappa shape index (κ1) is 18.0. The lowest BCUT2D eigenvalue weighted by Crippen LogP contribution is -2.42. The summed E-state index contributed by atoms with van der Waals surface area (Å²) >= 11 is 0. The zero-order valence-electron chi connectivity index (χ0n) is 12.2. The second-order valence-corrected chi connectivity index (χ2v) is 5.27. The molecule has 4 heteroatoms. The molecule has 0 aromatic heterocycles. The van der Waals surface area contributed by atoms with E-state index in [2.05, 4.69) is 29.5 Å². The molecular formula is C14H30IN3. The number of halogens is 1. The normalized spacial score (nSPS) is 16.9. The van der Waals surface area contributed by atoms with Crippen LogP contribution in [0.15, 0.2) is 4.99 Å². The van der Waals surface area contributed by atoms with Crippen molar-refractivity contribution >= 4 is 29.9 Å². The van der Waals surface area contributed by atoms with E-state index in [0.29, 0.717) is 6.04 Å². The van der Waals surface area contributed by atoms with E-state index in [1.165, 1.54) is 44.9 Å². The van der Waals surface area contributed by atoms with Gasteiger partial charge in [-0.1, -0.05) is 39.0 Å². The molecule has 2 N–H and O–H groups in total. The third-order valence-corrected chi connectivity index (χ3v) is 3.39. The Bertz CT molecular complexity index is 227. The highest BCUT2D eigenvalue weighted by atomic mass is 127. The van der Waals surface area contributed by atoms with Gasteiger partial charge in [0.15, 0.2) is 5.96 Å². The van der Waals surface area contributed by atoms with Gasteiger partial charge in [0.1, 0.15) is 0 Å². The van der Waals surface area contributed by atoms with Crippen LogP contribution in [-0.4, -0.2) is 25.6 Å². The average Bonchev–Trinajstić information content (AvgIpc) is 3.12. The van der Waals surface area contributed by atoms with Gasteiger partial charge >= 0.3 is 0 Å². The Balaban J connectivity index is 0.00000289. The van der Waals surface area contributed by atoms with E-state index in [-0.39, 0.29) is 24.0 Å². The molecule has 18 heavy (non-hydrogen) atoms. The van der Waals surface area contributed by atoms with E-state index in [1.807, 2.05) is 7.05 Å². The van der Waals surface area contributed by atoms with Crippen LogP contribution in [0.3, 0.4) is 0 Å². The summed E-state index contributed by atoms with van der Waals surface area (Å²) in [5, 5.41) is 6.86. The number of unbranched alkanes of at least 4 members (excludes halogenated alkanes) is 2. The van der Waals surface area contributed by atoms with E-state index in [1.54, 1.807) is 0 Å². The fraction of sp³-hybridized carbons (Fsp3) is 0.929. The highest BCUT2D eigenvalue weighted by molar-refractivity contribution is 14.0. The van der Waals surface area contributed by atoms with Gasteiger partial charge in [-0.15, -0.1) is 24.0 Å². The van der Waals surface area contributed by atoms with Crippen molar-refractivity contribution in [2.24, 2.45) is 10.9 Å². The lowest BCUT2D eigenvalue weighted by atomic mass is 10.1. The van der Waals surface area contributed by atoms with Crippen molar-refractivity contribution in [3.63, 3.8) is 0 Å². The zero-order chi connectivity index (χ0) is 12.5. The standard InChI is InChI=1S/C14H29N3.HI/c1-4-5-6-7-12(2)17-14(15-3)16-11-10-13-8-9-13;/h12-13H,4-11H2,1-3H3,(H2,15,16,17);1H. The second-order valence-electron chi connectivity index (χ2n) is 5.27. The van der Waals surface area contributed by atoms with E-state index < -0.39 is 0 Å². The Morgan fingerprint density at radius 3 is 2.61 bits per heavy atom. The molecule has 0 radical (unpaired) electrons. The summed E-state index contributed by atoms with van der Waals surface area (Å²) in [4.78, 5) is 4.27. The molecule has 1 saturated carbocycles. The van der Waals surface area contributed by atoms with Crippen LogP contribution in [-0.2, 0) is 0 Å². The van der Waals surface area contributed by atoms with Crippen LogP contribution in [0.2, 0.25) is 0 Å². The molecule has 1 fully saturated rings. The van der Waals surface area contributed by atoms with E-state index in [9.17, 15) is 0 Å². The number of guanidine groups is 1. The van der Waals surface area contributed by atoms with Crippen molar-refractivity contribution in [2.45, 2.75) is 64.8 Å². The molecule has 0 saturated heterocycles. The predicted octanol–water partition coefficient (Wildman–Crippen LogP) is 3.54. The Kier molecular flexibility index (Phi) is 10.9. The molecule has 0 bridgehead atoms. The summed E-state index contributed by atoms with van der Waals surface area (Å²) in [6.45, 7) is 5.55. The number of hydrogen-bond acceptors (Lipinski definition) is 1. The molecule has 0 aromatic carbocycles. The highest BCUT2D eigenvalue weighted by Crippen LogP contribution is 2.31. The van der Waals surface area contributed by atoms with Crippen molar-refractivity contribution in [1.82, 2.24) is 10.6 Å². The van der Waals surface area contributed by atoms with Crippen molar-refractivity contribution in [2.75, 3.05) is 13.6 Å². The molecule has 1 aliphatic carbocycles. The van der Waals surface area contributed by atoms with Crippen LogP contribution < -0.4 is 10.6 Å². The number of hydrogen-bond donors (Lipinski definition) is 2. The molecule has 0 aromatic rings. The maximum absolute atomic E-state index is 4.27. The third kappa shape index (κ3) is 9.00. The number of aliphatic imine (C=N–C) groups is 1. The van der Waals surface area contributed by atoms with Crippen LogP contribution >= 0.6 is 24.0 Å². The Morgan fingerprint density at radius 2 is 2.06 bits per heavy atom. The second kappa shape index (κ2) is 10.9. The van der Waals surface area contributed by atoms with Gasteiger partial charge in [0.25, 0.3) is 0 Å². The molecule has 1 aliphatic rings. The first-order chi connectivity index (χ1) is 8.26. The van der Waals surface area contributed by atoms with Gasteiger partial charge in [0.05, 0.1) is 0 Å². The fourth-order valence-electron chi connectivity index (χ4n) is 2.00. The van der Waals surface area contributed by atoms with Gasteiger partial charge in [0.2, 0.25) is 0 Å². The van der Waals surface area contributed by atoms with Gasteiger partial charge in [-0.05, 0) is 25.7 Å². The minimum atomic E-state index is 0. The summed E-state index contributed by atoms with van der Waals surface area (Å²) < 4.78 is 0. The van der Waals surface area contributed by atoms with Gasteiger partial charge < -0.3 is 10.6 Å². The Labute approximate surface area is 130 Å². The summed E-state index contributed by atoms with van der Waals surface area (Å²) in [6.07, 6.45) is 9.33. The van der Waals surface area contributed by atoms with Crippen molar-refractivity contribution < 1.29 is 0 Å². The molecular weight excluding hydrogens is 337 g/mol. The van der Waals surface area contributed by atoms with E-state index in [0.717, 1.165) is 18.4 Å². The predicted molar refractivity (Wildman–Crippen MR) is 90.9 cm³/mol. The van der Waals surface area contributed by atoms with Crippen molar-refractivity contribution in [1.29, 1.82) is 0 Å². The van der Waals surface area contributed by atoms with Crippen molar-refractivity contribution in [3.05, 3.63) is 0 Å². The Hall–Kier alpha value is 0. The molecule has 0 amide bonds. The van der Waals surface area contributed by atoms with Crippen LogP contribution in [0.5, 0.6) is 0 Å². The van der Waals surface area contributed by atoms with E-state index >= 15 is 0 Å². The fourth-order valence-corrected chi connectivity index (χ4v) is 2.00. The quantitative estimate of drug-likeness (QED) is 0.298. The maximum Gasteiger partial charge on any atom is 0.191 e. The van der Waals surface area contributed by atoms with Crippen LogP contribution in [0.4, 0.5) is 0 Å². The van der Waals surface area contributed by atoms with Gasteiger partial charge in [-0.3, -0.25) is 4.99 Å². The van der Waals surface area contributed by atoms with E-state index in [4.69, 9.17) is 0 Å². The zero-order valence-corrected chi connectivity index (χ0v) is 14.5. The summed E-state index contributed by atoms with van der Waals surface area (Å²) in [6, 6.07) is 0.522. The maximum atomic E-state index is 4.27.